The van der Waals surface area contributed by atoms with Gasteiger partial charge < -0.3 is 4.52 Å². The fraction of sp³-hybridized carbons (Fsp3) is 0.238. The lowest BCUT2D eigenvalue weighted by Crippen LogP contribution is -2.12. The SMILES string of the molecule is CC(C(=O)c1cnc2ccccn12)c1cccc(-c2noc([C@H]3C[C@@H]3F)n2)c1. The summed E-state index contributed by atoms with van der Waals surface area (Å²) in [4.78, 5) is 21.7. The number of imidazole rings is 1. The Balaban J connectivity index is 1.44. The largest absolute Gasteiger partial charge is 0.339 e. The third kappa shape index (κ3) is 2.79. The van der Waals surface area contributed by atoms with Crippen LogP contribution in [0.4, 0.5) is 4.39 Å². The Hall–Kier alpha value is -3.35. The van der Waals surface area contributed by atoms with Gasteiger partial charge in [-0.05, 0) is 30.2 Å². The molecule has 7 heteroatoms. The molecule has 3 atom stereocenters. The van der Waals surface area contributed by atoms with Crippen LogP contribution in [-0.4, -0.2) is 31.5 Å². The Morgan fingerprint density at radius 1 is 1.29 bits per heavy atom. The standard InChI is InChI=1S/C21H17FN4O2/c1-12(19(27)17-11-23-18-7-2-3-8-26(17)18)13-5-4-6-14(9-13)20-24-21(28-25-20)15-10-16(15)22/h2-9,11-12,15-16H,10H2,1H3/t12?,15-,16-/m0/s1. The number of benzene rings is 1. The van der Waals surface area contributed by atoms with Crippen LogP contribution in [0.2, 0.25) is 0 Å². The lowest BCUT2D eigenvalue weighted by Gasteiger charge is -2.11. The van der Waals surface area contributed by atoms with E-state index in [-0.39, 0.29) is 17.6 Å². The average Bonchev–Trinajstić information content (AvgIpc) is 3.14. The second-order valence-electron chi connectivity index (χ2n) is 7.10. The van der Waals surface area contributed by atoms with Crippen molar-refractivity contribution in [3.63, 3.8) is 0 Å². The van der Waals surface area contributed by atoms with Crippen LogP contribution in [-0.2, 0) is 0 Å². The Morgan fingerprint density at radius 3 is 2.96 bits per heavy atom. The molecular formula is C21H17FN4O2. The lowest BCUT2D eigenvalue weighted by molar-refractivity contribution is 0.0960. The van der Waals surface area contributed by atoms with Gasteiger partial charge in [-0.25, -0.2) is 9.37 Å². The van der Waals surface area contributed by atoms with Crippen LogP contribution >= 0.6 is 0 Å². The van der Waals surface area contributed by atoms with Crippen molar-refractivity contribution in [3.05, 3.63) is 72.0 Å². The van der Waals surface area contributed by atoms with Crippen LogP contribution in [0.15, 0.2) is 59.4 Å². The molecule has 6 nitrogen and oxygen atoms in total. The minimum atomic E-state index is -0.886. The van der Waals surface area contributed by atoms with Gasteiger partial charge in [0.15, 0.2) is 5.78 Å². The number of nitrogens with zero attached hydrogens (tertiary/aromatic N) is 4. The van der Waals surface area contributed by atoms with E-state index in [1.165, 1.54) is 0 Å². The number of hydrogen-bond donors (Lipinski definition) is 0. The molecule has 1 aliphatic rings. The summed E-state index contributed by atoms with van der Waals surface area (Å²) >= 11 is 0. The van der Waals surface area contributed by atoms with E-state index in [1.807, 2.05) is 55.6 Å². The minimum absolute atomic E-state index is 0.0251. The molecule has 0 amide bonds. The summed E-state index contributed by atoms with van der Waals surface area (Å²) < 4.78 is 20.2. The molecule has 0 aliphatic heterocycles. The molecule has 0 spiro atoms. The van der Waals surface area contributed by atoms with Crippen molar-refractivity contribution in [1.29, 1.82) is 0 Å². The van der Waals surface area contributed by atoms with Gasteiger partial charge in [0.1, 0.15) is 17.5 Å². The molecule has 0 bridgehead atoms. The normalized spacial score (nSPS) is 19.6. The topological polar surface area (TPSA) is 73.3 Å². The fourth-order valence-corrected chi connectivity index (χ4v) is 3.36. The predicted molar refractivity (Wildman–Crippen MR) is 99.9 cm³/mol. The number of alkyl halides is 1. The van der Waals surface area contributed by atoms with Crippen LogP contribution in [0.5, 0.6) is 0 Å². The van der Waals surface area contributed by atoms with Crippen LogP contribution in [0.25, 0.3) is 17.0 Å². The highest BCUT2D eigenvalue weighted by molar-refractivity contribution is 6.00. The van der Waals surface area contributed by atoms with Gasteiger partial charge in [-0.15, -0.1) is 0 Å². The number of halogens is 1. The number of carbonyl (C=O) groups excluding carboxylic acids is 1. The molecule has 28 heavy (non-hydrogen) atoms. The molecule has 1 saturated carbocycles. The molecule has 5 rings (SSSR count). The van der Waals surface area contributed by atoms with Gasteiger partial charge in [0, 0.05) is 17.7 Å². The Labute approximate surface area is 160 Å². The van der Waals surface area contributed by atoms with Gasteiger partial charge >= 0.3 is 0 Å². The Bertz CT molecular complexity index is 1180. The van der Waals surface area contributed by atoms with E-state index in [0.29, 0.717) is 23.8 Å². The van der Waals surface area contributed by atoms with Crippen LogP contribution < -0.4 is 0 Å². The molecule has 3 aromatic heterocycles. The summed E-state index contributed by atoms with van der Waals surface area (Å²) in [5.74, 6) is 0.0706. The average molecular weight is 376 g/mol. The van der Waals surface area contributed by atoms with E-state index >= 15 is 0 Å². The molecular weight excluding hydrogens is 359 g/mol. The molecule has 3 heterocycles. The lowest BCUT2D eigenvalue weighted by atomic mass is 9.93. The first-order chi connectivity index (χ1) is 13.6. The van der Waals surface area contributed by atoms with Gasteiger partial charge in [0.05, 0.1) is 12.1 Å². The zero-order valence-corrected chi connectivity index (χ0v) is 15.1. The first kappa shape index (κ1) is 16.8. The number of Topliss-reactive ketones (excluding diaryl/α,β-unsaturated/α-hetero) is 1. The maximum absolute atomic E-state index is 13.2. The Morgan fingerprint density at radius 2 is 2.14 bits per heavy atom. The molecule has 0 N–H and O–H groups in total. The summed E-state index contributed by atoms with van der Waals surface area (Å²) in [6.45, 7) is 1.86. The first-order valence-corrected chi connectivity index (χ1v) is 9.16. The number of hydrogen-bond acceptors (Lipinski definition) is 5. The number of ketones is 1. The summed E-state index contributed by atoms with van der Waals surface area (Å²) in [6, 6.07) is 13.1. The highest BCUT2D eigenvalue weighted by Gasteiger charge is 2.43. The predicted octanol–water partition coefficient (Wildman–Crippen LogP) is 4.20. The summed E-state index contributed by atoms with van der Waals surface area (Å²) in [5.41, 5.74) is 2.85. The van der Waals surface area contributed by atoms with Gasteiger partial charge in [-0.1, -0.05) is 36.3 Å². The van der Waals surface area contributed by atoms with Gasteiger partial charge in [-0.3, -0.25) is 9.20 Å². The van der Waals surface area contributed by atoms with E-state index in [4.69, 9.17) is 4.52 Å². The molecule has 1 fully saturated rings. The molecule has 4 aromatic rings. The number of carbonyl (C=O) groups is 1. The van der Waals surface area contributed by atoms with E-state index in [0.717, 1.165) is 16.8 Å². The highest BCUT2D eigenvalue weighted by Crippen LogP contribution is 2.43. The van der Waals surface area contributed by atoms with Crippen molar-refractivity contribution in [2.75, 3.05) is 0 Å². The second-order valence-corrected chi connectivity index (χ2v) is 7.10. The van der Waals surface area contributed by atoms with E-state index in [2.05, 4.69) is 15.1 Å². The van der Waals surface area contributed by atoms with Crippen LogP contribution in [0, 0.1) is 0 Å². The number of fused-ring (bicyclic) bond motifs is 1. The minimum Gasteiger partial charge on any atom is -0.339 e. The molecule has 1 aliphatic carbocycles. The highest BCUT2D eigenvalue weighted by atomic mass is 19.1. The number of rotatable bonds is 5. The molecule has 1 unspecified atom stereocenters. The first-order valence-electron chi connectivity index (χ1n) is 9.16. The van der Waals surface area contributed by atoms with Crippen molar-refractivity contribution in [1.82, 2.24) is 19.5 Å². The maximum Gasteiger partial charge on any atom is 0.233 e. The molecule has 1 aromatic carbocycles. The smallest absolute Gasteiger partial charge is 0.233 e. The Kier molecular flexibility index (Phi) is 3.82. The summed E-state index contributed by atoms with van der Waals surface area (Å²) in [6.07, 6.45) is 2.98. The third-order valence-corrected chi connectivity index (χ3v) is 5.18. The second kappa shape index (κ2) is 6.37. The summed E-state index contributed by atoms with van der Waals surface area (Å²) in [7, 11) is 0. The fourth-order valence-electron chi connectivity index (χ4n) is 3.36. The van der Waals surface area contributed by atoms with E-state index < -0.39 is 6.17 Å². The monoisotopic (exact) mass is 376 g/mol. The third-order valence-electron chi connectivity index (χ3n) is 5.18. The van der Waals surface area contributed by atoms with Crippen molar-refractivity contribution in [3.8, 4) is 11.4 Å². The molecule has 140 valence electrons. The van der Waals surface area contributed by atoms with Gasteiger partial charge in [0.25, 0.3) is 0 Å². The van der Waals surface area contributed by atoms with Gasteiger partial charge in [0.2, 0.25) is 11.7 Å². The van der Waals surface area contributed by atoms with Crippen molar-refractivity contribution < 1.29 is 13.7 Å². The van der Waals surface area contributed by atoms with Crippen molar-refractivity contribution in [2.45, 2.75) is 31.4 Å². The number of pyridine rings is 1. The number of aromatic nitrogens is 4. The quantitative estimate of drug-likeness (QED) is 0.488. The van der Waals surface area contributed by atoms with E-state index in [1.54, 1.807) is 10.6 Å². The van der Waals surface area contributed by atoms with Gasteiger partial charge in [-0.2, -0.15) is 4.98 Å². The zero-order valence-electron chi connectivity index (χ0n) is 15.1. The van der Waals surface area contributed by atoms with Crippen LogP contribution in [0.1, 0.15) is 47.1 Å². The molecule has 0 radical (unpaired) electrons. The summed E-state index contributed by atoms with van der Waals surface area (Å²) in [5, 5.41) is 3.97. The maximum atomic E-state index is 13.2. The van der Waals surface area contributed by atoms with Crippen LogP contribution in [0.3, 0.4) is 0 Å². The zero-order chi connectivity index (χ0) is 19.3. The van der Waals surface area contributed by atoms with Crippen molar-refractivity contribution >= 4 is 11.4 Å². The van der Waals surface area contributed by atoms with Crippen molar-refractivity contribution in [2.24, 2.45) is 0 Å². The molecule has 0 saturated heterocycles. The van der Waals surface area contributed by atoms with E-state index in [9.17, 15) is 9.18 Å².